The van der Waals surface area contributed by atoms with E-state index in [1.54, 1.807) is 43.3 Å². The van der Waals surface area contributed by atoms with E-state index in [2.05, 4.69) is 28.3 Å². The van der Waals surface area contributed by atoms with Crippen molar-refractivity contribution >= 4 is 52.4 Å². The third kappa shape index (κ3) is 5.04. The Labute approximate surface area is 191 Å². The van der Waals surface area contributed by atoms with E-state index in [9.17, 15) is 9.59 Å². The van der Waals surface area contributed by atoms with E-state index in [0.29, 0.717) is 33.2 Å². The van der Waals surface area contributed by atoms with Gasteiger partial charge in [-0.05, 0) is 60.2 Å². The van der Waals surface area contributed by atoms with Crippen LogP contribution in [0, 0.1) is 0 Å². The van der Waals surface area contributed by atoms with Gasteiger partial charge < -0.3 is 10.6 Å². The first kappa shape index (κ1) is 21.3. The van der Waals surface area contributed by atoms with Gasteiger partial charge in [-0.2, -0.15) is 0 Å². The molecule has 0 aliphatic carbocycles. The first-order valence-electron chi connectivity index (χ1n) is 10.0. The zero-order valence-electron chi connectivity index (χ0n) is 17.4. The lowest BCUT2D eigenvalue weighted by Crippen LogP contribution is -2.28. The van der Waals surface area contributed by atoms with E-state index < -0.39 is 0 Å². The summed E-state index contributed by atoms with van der Waals surface area (Å²) in [6, 6.07) is 27.6. The molecule has 0 spiro atoms. The molecule has 0 unspecified atom stereocenters. The predicted molar refractivity (Wildman–Crippen MR) is 132 cm³/mol. The minimum absolute atomic E-state index is 0.201. The highest BCUT2D eigenvalue weighted by Crippen LogP contribution is 2.27. The van der Waals surface area contributed by atoms with Gasteiger partial charge in [-0.3, -0.25) is 9.59 Å². The van der Waals surface area contributed by atoms with Gasteiger partial charge in [-0.25, -0.2) is 4.99 Å². The van der Waals surface area contributed by atoms with Gasteiger partial charge >= 0.3 is 0 Å². The molecule has 0 bridgehead atoms. The smallest absolute Gasteiger partial charge is 0.256 e. The normalized spacial score (nSPS) is 11.2. The average Bonchev–Trinajstić information content (AvgIpc) is 2.81. The van der Waals surface area contributed by atoms with Crippen LogP contribution >= 0.6 is 12.6 Å². The van der Waals surface area contributed by atoms with Crippen LogP contribution < -0.4 is 10.6 Å². The summed E-state index contributed by atoms with van der Waals surface area (Å²) >= 11 is 4.48. The summed E-state index contributed by atoms with van der Waals surface area (Å²) in [5.41, 5.74) is 2.33. The van der Waals surface area contributed by atoms with Gasteiger partial charge in [0, 0.05) is 21.7 Å². The van der Waals surface area contributed by atoms with Crippen molar-refractivity contribution in [3.8, 4) is 0 Å². The second kappa shape index (κ2) is 9.49. The molecule has 2 amide bonds. The monoisotopic (exact) mass is 439 g/mol. The first-order valence-corrected chi connectivity index (χ1v) is 10.5. The molecule has 0 fully saturated rings. The Morgan fingerprint density at radius 3 is 2.22 bits per heavy atom. The van der Waals surface area contributed by atoms with Crippen LogP contribution in [0.15, 0.2) is 101 Å². The minimum atomic E-state index is -0.232. The fourth-order valence-electron chi connectivity index (χ4n) is 3.26. The Morgan fingerprint density at radius 1 is 0.750 bits per heavy atom. The summed E-state index contributed by atoms with van der Waals surface area (Å²) in [5.74, 6) is 0.0115. The van der Waals surface area contributed by atoms with Crippen LogP contribution in [-0.4, -0.2) is 17.6 Å². The number of thiol groups is 1. The molecule has 0 saturated heterocycles. The second-order valence-electron chi connectivity index (χ2n) is 7.24. The molecule has 158 valence electrons. The Hall–Kier alpha value is -3.90. The van der Waals surface area contributed by atoms with Gasteiger partial charge in [0.1, 0.15) is 5.84 Å². The van der Waals surface area contributed by atoms with Crippen molar-refractivity contribution in [2.75, 3.05) is 5.32 Å². The van der Waals surface area contributed by atoms with Crippen LogP contribution in [-0.2, 0) is 0 Å². The first-order chi connectivity index (χ1) is 15.5. The molecule has 0 saturated carbocycles. The van der Waals surface area contributed by atoms with Crippen LogP contribution in [0.1, 0.15) is 27.6 Å². The molecule has 4 rings (SSSR count). The highest BCUT2D eigenvalue weighted by atomic mass is 32.1. The van der Waals surface area contributed by atoms with Crippen molar-refractivity contribution in [3.63, 3.8) is 0 Å². The molecule has 0 radical (unpaired) electrons. The van der Waals surface area contributed by atoms with Crippen LogP contribution in [0.5, 0.6) is 0 Å². The molecule has 4 aromatic carbocycles. The van der Waals surface area contributed by atoms with Crippen molar-refractivity contribution in [3.05, 3.63) is 102 Å². The maximum absolute atomic E-state index is 12.6. The Bertz CT molecular complexity index is 1330. The predicted octanol–water partition coefficient (Wildman–Crippen LogP) is 5.86. The summed E-state index contributed by atoms with van der Waals surface area (Å²) in [6.07, 6.45) is 0. The average molecular weight is 440 g/mol. The quantitative estimate of drug-likeness (QED) is 0.212. The van der Waals surface area contributed by atoms with Crippen molar-refractivity contribution in [1.82, 2.24) is 5.32 Å². The van der Waals surface area contributed by atoms with Gasteiger partial charge in [0.2, 0.25) is 0 Å². The number of aliphatic imine (C=N–C) groups is 1. The molecule has 0 heterocycles. The van der Waals surface area contributed by atoms with Crippen molar-refractivity contribution in [1.29, 1.82) is 0 Å². The number of benzene rings is 4. The van der Waals surface area contributed by atoms with E-state index in [-0.39, 0.29) is 11.8 Å². The number of hydrogen-bond donors (Lipinski definition) is 3. The molecule has 0 aliphatic rings. The number of amides is 2. The van der Waals surface area contributed by atoms with Gasteiger partial charge in [-0.15, -0.1) is 12.6 Å². The van der Waals surface area contributed by atoms with Crippen molar-refractivity contribution < 1.29 is 9.59 Å². The number of anilines is 1. The fourth-order valence-corrected chi connectivity index (χ4v) is 3.53. The Balaban J connectivity index is 1.45. The van der Waals surface area contributed by atoms with Crippen LogP contribution in [0.3, 0.4) is 0 Å². The zero-order valence-corrected chi connectivity index (χ0v) is 18.3. The molecule has 32 heavy (non-hydrogen) atoms. The summed E-state index contributed by atoms with van der Waals surface area (Å²) in [6.45, 7) is 1.72. The van der Waals surface area contributed by atoms with Crippen molar-refractivity contribution in [2.45, 2.75) is 11.8 Å². The molecular weight excluding hydrogens is 418 g/mol. The summed E-state index contributed by atoms with van der Waals surface area (Å²) in [7, 11) is 0. The molecule has 0 aliphatic heterocycles. The van der Waals surface area contributed by atoms with Gasteiger partial charge in [-0.1, -0.05) is 48.5 Å². The fraction of sp³-hybridized carbons (Fsp3) is 0.0385. The maximum atomic E-state index is 12.6. The van der Waals surface area contributed by atoms with Crippen LogP contribution in [0.2, 0.25) is 0 Å². The van der Waals surface area contributed by atoms with Crippen LogP contribution in [0.4, 0.5) is 11.4 Å². The number of nitrogens with one attached hydrogen (secondary N) is 2. The molecular formula is C26H21N3O2S. The molecule has 0 atom stereocenters. The lowest BCUT2D eigenvalue weighted by atomic mass is 10.1. The lowest BCUT2D eigenvalue weighted by molar-refractivity contribution is 0.0975. The van der Waals surface area contributed by atoms with Gasteiger partial charge in [0.25, 0.3) is 11.8 Å². The number of amidine groups is 1. The largest absolute Gasteiger partial charge is 0.322 e. The maximum Gasteiger partial charge on any atom is 0.256 e. The topological polar surface area (TPSA) is 70.6 Å². The van der Waals surface area contributed by atoms with E-state index in [0.717, 1.165) is 10.8 Å². The number of rotatable bonds is 4. The van der Waals surface area contributed by atoms with E-state index >= 15 is 0 Å². The zero-order chi connectivity index (χ0) is 22.5. The lowest BCUT2D eigenvalue weighted by Gasteiger charge is -2.09. The Morgan fingerprint density at radius 2 is 1.47 bits per heavy atom. The third-order valence-corrected chi connectivity index (χ3v) is 5.22. The van der Waals surface area contributed by atoms with Gasteiger partial charge in [0.05, 0.1) is 5.69 Å². The molecule has 0 aromatic heterocycles. The molecule has 4 aromatic rings. The molecule has 6 heteroatoms. The number of fused-ring (bicyclic) bond motifs is 1. The summed E-state index contributed by atoms with van der Waals surface area (Å²) < 4.78 is 0. The highest BCUT2D eigenvalue weighted by molar-refractivity contribution is 7.80. The SMILES string of the molecule is CC(=Nc1ccc(NC(=O)c2ccccc2)cc1S)NC(=O)c1ccc2ccccc2c1. The number of carbonyl (C=O) groups excluding carboxylic acids is 2. The highest BCUT2D eigenvalue weighted by Gasteiger charge is 2.09. The molecule has 2 N–H and O–H groups in total. The summed E-state index contributed by atoms with van der Waals surface area (Å²) in [4.78, 5) is 30.0. The van der Waals surface area contributed by atoms with E-state index in [4.69, 9.17) is 0 Å². The summed E-state index contributed by atoms with van der Waals surface area (Å²) in [5, 5.41) is 7.73. The second-order valence-corrected chi connectivity index (χ2v) is 7.72. The number of carbonyl (C=O) groups is 2. The van der Waals surface area contributed by atoms with E-state index in [1.165, 1.54) is 0 Å². The third-order valence-electron chi connectivity index (χ3n) is 4.86. The standard InChI is InChI=1S/C26H21N3O2S/c1-17(28-26(31)21-12-11-18-7-5-6-10-20(18)15-21)27-23-14-13-22(16-24(23)32)29-25(30)19-8-3-2-4-9-19/h2-16,32H,1H3,(H,29,30)(H,27,28,31). The number of nitrogens with zero attached hydrogens (tertiary/aromatic N) is 1. The minimum Gasteiger partial charge on any atom is -0.322 e. The Kier molecular flexibility index (Phi) is 6.33. The van der Waals surface area contributed by atoms with E-state index in [1.807, 2.05) is 54.6 Å². The number of hydrogen-bond acceptors (Lipinski definition) is 4. The molecule has 5 nitrogen and oxygen atoms in total. The van der Waals surface area contributed by atoms with Gasteiger partial charge in [0.15, 0.2) is 0 Å². The van der Waals surface area contributed by atoms with Crippen molar-refractivity contribution in [2.24, 2.45) is 4.99 Å². The van der Waals surface area contributed by atoms with Crippen LogP contribution in [0.25, 0.3) is 10.8 Å².